The molecular formula is C21H21N3O2S. The summed E-state index contributed by atoms with van der Waals surface area (Å²) in [5, 5.41) is 10.4. The van der Waals surface area contributed by atoms with Crippen LogP contribution in [0.4, 0.5) is 5.69 Å². The van der Waals surface area contributed by atoms with Crippen molar-refractivity contribution in [1.82, 2.24) is 9.55 Å². The maximum Gasteiger partial charge on any atom is 0.237 e. The Balaban J connectivity index is 1.47. The van der Waals surface area contributed by atoms with Gasteiger partial charge in [-0.3, -0.25) is 4.79 Å². The molecule has 3 aromatic rings. The fourth-order valence-electron chi connectivity index (χ4n) is 3.37. The smallest absolute Gasteiger partial charge is 0.237 e. The van der Waals surface area contributed by atoms with E-state index in [9.17, 15) is 9.90 Å². The topological polar surface area (TPSA) is 58.4 Å². The first-order valence-corrected chi connectivity index (χ1v) is 9.95. The fraction of sp³-hybridized carbons (Fsp3) is 0.238. The molecule has 1 amide bonds. The van der Waals surface area contributed by atoms with Crippen molar-refractivity contribution in [3.63, 3.8) is 0 Å². The second kappa shape index (κ2) is 7.98. The van der Waals surface area contributed by atoms with E-state index < -0.39 is 0 Å². The molecular weight excluding hydrogens is 358 g/mol. The molecule has 1 aromatic heterocycles. The van der Waals surface area contributed by atoms with Gasteiger partial charge >= 0.3 is 0 Å². The highest BCUT2D eigenvalue weighted by Gasteiger charge is 2.24. The van der Waals surface area contributed by atoms with E-state index in [1.807, 2.05) is 58.0 Å². The Morgan fingerprint density at radius 2 is 1.89 bits per heavy atom. The van der Waals surface area contributed by atoms with E-state index in [1.54, 1.807) is 6.20 Å². The predicted molar refractivity (Wildman–Crippen MR) is 107 cm³/mol. The minimum Gasteiger partial charge on any atom is -0.390 e. The molecule has 1 aliphatic heterocycles. The number of aliphatic hydroxyl groups excluding tert-OH is 1. The van der Waals surface area contributed by atoms with Crippen molar-refractivity contribution in [3.8, 4) is 0 Å². The summed E-state index contributed by atoms with van der Waals surface area (Å²) < 4.78 is 1.98. The molecule has 0 unspecified atom stereocenters. The zero-order valence-corrected chi connectivity index (χ0v) is 15.7. The monoisotopic (exact) mass is 379 g/mol. The summed E-state index contributed by atoms with van der Waals surface area (Å²) >= 11 is 1.42. The van der Waals surface area contributed by atoms with Gasteiger partial charge in [-0.1, -0.05) is 60.3 Å². The molecule has 0 saturated heterocycles. The van der Waals surface area contributed by atoms with Crippen LogP contribution in [-0.4, -0.2) is 32.9 Å². The number of aromatic nitrogens is 2. The lowest BCUT2D eigenvalue weighted by Crippen LogP contribution is -2.30. The molecule has 1 N–H and O–H groups in total. The second-order valence-corrected chi connectivity index (χ2v) is 7.42. The van der Waals surface area contributed by atoms with E-state index in [-0.39, 0.29) is 12.5 Å². The van der Waals surface area contributed by atoms with Crippen molar-refractivity contribution < 1.29 is 9.90 Å². The SMILES string of the molecule is O=C(CSc1ncc(CO)n1Cc1ccccc1)N1CCc2ccccc21. The molecule has 0 spiro atoms. The van der Waals surface area contributed by atoms with Crippen LogP contribution in [0.5, 0.6) is 0 Å². The number of anilines is 1. The van der Waals surface area contributed by atoms with Gasteiger partial charge in [-0.2, -0.15) is 0 Å². The van der Waals surface area contributed by atoms with Crippen LogP contribution in [0, 0.1) is 0 Å². The number of carbonyl (C=O) groups excluding carboxylic acids is 1. The van der Waals surface area contributed by atoms with Crippen molar-refractivity contribution in [2.24, 2.45) is 0 Å². The molecule has 138 valence electrons. The number of rotatable bonds is 6. The Bertz CT molecular complexity index is 940. The highest BCUT2D eigenvalue weighted by molar-refractivity contribution is 7.99. The van der Waals surface area contributed by atoms with Crippen LogP contribution < -0.4 is 4.90 Å². The van der Waals surface area contributed by atoms with Crippen LogP contribution in [0.3, 0.4) is 0 Å². The summed E-state index contributed by atoms with van der Waals surface area (Å²) in [5.74, 6) is 0.412. The van der Waals surface area contributed by atoms with Crippen molar-refractivity contribution in [3.05, 3.63) is 77.6 Å². The lowest BCUT2D eigenvalue weighted by atomic mass is 10.2. The minimum absolute atomic E-state index is 0.0756. The number of aliphatic hydroxyl groups is 1. The van der Waals surface area contributed by atoms with Gasteiger partial charge in [-0.15, -0.1) is 0 Å². The quantitative estimate of drug-likeness (QED) is 0.669. The van der Waals surface area contributed by atoms with Crippen LogP contribution in [0.2, 0.25) is 0 Å². The maximum atomic E-state index is 12.7. The molecule has 4 rings (SSSR count). The standard InChI is InChI=1S/C21H21N3O2S/c25-14-18-12-22-21(24(18)13-16-6-2-1-3-7-16)27-15-20(26)23-11-10-17-8-4-5-9-19(17)23/h1-9,12,25H,10-11,13-15H2. The Hall–Kier alpha value is -2.57. The van der Waals surface area contributed by atoms with E-state index in [0.29, 0.717) is 12.3 Å². The van der Waals surface area contributed by atoms with Crippen molar-refractivity contribution >= 4 is 23.4 Å². The first-order chi connectivity index (χ1) is 13.3. The number of imidazole rings is 1. The summed E-state index contributed by atoms with van der Waals surface area (Å²) in [7, 11) is 0. The zero-order valence-electron chi connectivity index (χ0n) is 14.9. The van der Waals surface area contributed by atoms with Gasteiger partial charge in [0.05, 0.1) is 24.3 Å². The van der Waals surface area contributed by atoms with E-state index in [4.69, 9.17) is 0 Å². The third kappa shape index (κ3) is 3.77. The maximum absolute atomic E-state index is 12.7. The van der Waals surface area contributed by atoms with Gasteiger partial charge < -0.3 is 14.6 Å². The molecule has 0 saturated carbocycles. The predicted octanol–water partition coefficient (Wildman–Crippen LogP) is 3.11. The highest BCUT2D eigenvalue weighted by atomic mass is 32.2. The van der Waals surface area contributed by atoms with E-state index in [0.717, 1.165) is 35.1 Å². The molecule has 0 radical (unpaired) electrons. The summed E-state index contributed by atoms with van der Waals surface area (Å²) in [4.78, 5) is 19.0. The number of hydrogen-bond acceptors (Lipinski definition) is 4. The molecule has 5 nitrogen and oxygen atoms in total. The second-order valence-electron chi connectivity index (χ2n) is 6.47. The molecule has 27 heavy (non-hydrogen) atoms. The summed E-state index contributed by atoms with van der Waals surface area (Å²) in [6.45, 7) is 1.28. The molecule has 0 aliphatic carbocycles. The van der Waals surface area contributed by atoms with Gasteiger partial charge in [-0.25, -0.2) is 4.98 Å². The fourth-order valence-corrected chi connectivity index (χ4v) is 4.24. The first-order valence-electron chi connectivity index (χ1n) is 8.96. The third-order valence-electron chi connectivity index (χ3n) is 4.76. The summed E-state index contributed by atoms with van der Waals surface area (Å²) in [6.07, 6.45) is 2.59. The molecule has 0 fully saturated rings. The number of benzene rings is 2. The van der Waals surface area contributed by atoms with E-state index in [2.05, 4.69) is 11.1 Å². The number of hydrogen-bond donors (Lipinski definition) is 1. The van der Waals surface area contributed by atoms with Gasteiger partial charge in [0, 0.05) is 18.8 Å². The van der Waals surface area contributed by atoms with Crippen molar-refractivity contribution in [1.29, 1.82) is 0 Å². The van der Waals surface area contributed by atoms with Gasteiger partial charge in [0.1, 0.15) is 0 Å². The Morgan fingerprint density at radius 3 is 2.70 bits per heavy atom. The van der Waals surface area contributed by atoms with Crippen LogP contribution in [0.25, 0.3) is 0 Å². The number of carbonyl (C=O) groups is 1. The number of fused-ring (bicyclic) bond motifs is 1. The lowest BCUT2D eigenvalue weighted by Gasteiger charge is -2.17. The average Bonchev–Trinajstić information content (AvgIpc) is 3.31. The molecule has 1 aliphatic rings. The summed E-state index contributed by atoms with van der Waals surface area (Å²) in [6, 6.07) is 18.1. The number of thioether (sulfide) groups is 1. The van der Waals surface area contributed by atoms with Gasteiger partial charge in [0.25, 0.3) is 0 Å². The highest BCUT2D eigenvalue weighted by Crippen LogP contribution is 2.29. The van der Waals surface area contributed by atoms with Crippen LogP contribution >= 0.6 is 11.8 Å². The van der Waals surface area contributed by atoms with Gasteiger partial charge in [-0.05, 0) is 23.6 Å². The zero-order chi connectivity index (χ0) is 18.6. The minimum atomic E-state index is -0.0756. The Morgan fingerprint density at radius 1 is 1.11 bits per heavy atom. The van der Waals surface area contributed by atoms with Crippen LogP contribution in [0.1, 0.15) is 16.8 Å². The van der Waals surface area contributed by atoms with Crippen molar-refractivity contribution in [2.75, 3.05) is 17.2 Å². The van der Waals surface area contributed by atoms with Crippen LogP contribution in [-0.2, 0) is 24.4 Å². The Labute approximate surface area is 162 Å². The van der Waals surface area contributed by atoms with E-state index >= 15 is 0 Å². The van der Waals surface area contributed by atoms with E-state index in [1.165, 1.54) is 17.3 Å². The molecule has 2 heterocycles. The number of amides is 1. The molecule has 0 atom stereocenters. The summed E-state index contributed by atoms with van der Waals surface area (Å²) in [5.41, 5.74) is 4.13. The molecule has 6 heteroatoms. The first kappa shape index (κ1) is 17.8. The third-order valence-corrected chi connectivity index (χ3v) is 5.74. The molecule has 0 bridgehead atoms. The van der Waals surface area contributed by atoms with Crippen LogP contribution in [0.15, 0.2) is 66.0 Å². The van der Waals surface area contributed by atoms with Gasteiger partial charge in [0.15, 0.2) is 5.16 Å². The average molecular weight is 379 g/mol. The number of para-hydroxylation sites is 1. The van der Waals surface area contributed by atoms with Crippen molar-refractivity contribution in [2.45, 2.75) is 24.7 Å². The molecule has 2 aromatic carbocycles. The lowest BCUT2D eigenvalue weighted by molar-refractivity contribution is -0.116. The largest absolute Gasteiger partial charge is 0.390 e. The Kier molecular flexibility index (Phi) is 5.27. The number of nitrogens with zero attached hydrogens (tertiary/aromatic N) is 3. The normalized spacial score (nSPS) is 13.0. The van der Waals surface area contributed by atoms with Gasteiger partial charge in [0.2, 0.25) is 5.91 Å².